The van der Waals surface area contributed by atoms with Gasteiger partial charge < -0.3 is 10.1 Å². The Morgan fingerprint density at radius 3 is 2.80 bits per heavy atom. The van der Waals surface area contributed by atoms with E-state index in [1.807, 2.05) is 24.3 Å². The molecule has 4 heteroatoms. The summed E-state index contributed by atoms with van der Waals surface area (Å²) in [5.41, 5.74) is 2.97. The maximum absolute atomic E-state index is 11.4. The Bertz CT molecular complexity index is 660. The van der Waals surface area contributed by atoms with E-state index in [0.29, 0.717) is 17.7 Å². The molecule has 2 rings (SSSR count). The molecule has 0 amide bonds. The molecule has 0 aliphatic heterocycles. The average molecular weight is 266 g/mol. The highest BCUT2D eigenvalue weighted by atomic mass is 16.5. The number of hydrogen-bond acceptors (Lipinski definition) is 4. The zero-order valence-electron chi connectivity index (χ0n) is 11.1. The highest BCUT2D eigenvalue weighted by Gasteiger charge is 2.05. The number of methoxy groups -OCH3 is 1. The summed E-state index contributed by atoms with van der Waals surface area (Å²) in [7, 11) is 1.36. The summed E-state index contributed by atoms with van der Waals surface area (Å²) in [5.74, 6) is -0.349. The van der Waals surface area contributed by atoms with Gasteiger partial charge in [-0.25, -0.2) is 4.79 Å². The van der Waals surface area contributed by atoms with Crippen LogP contribution in [0.1, 0.15) is 21.5 Å². The molecule has 0 heterocycles. The van der Waals surface area contributed by atoms with Gasteiger partial charge in [-0.1, -0.05) is 18.2 Å². The minimum absolute atomic E-state index is 0.349. The van der Waals surface area contributed by atoms with Crippen LogP contribution in [0.4, 0.5) is 5.69 Å². The van der Waals surface area contributed by atoms with Crippen LogP contribution < -0.4 is 5.32 Å². The number of carbonyl (C=O) groups is 1. The van der Waals surface area contributed by atoms with E-state index in [9.17, 15) is 4.79 Å². The quantitative estimate of drug-likeness (QED) is 0.864. The fourth-order valence-corrected chi connectivity index (χ4v) is 1.83. The number of rotatable bonds is 4. The van der Waals surface area contributed by atoms with E-state index in [4.69, 9.17) is 5.26 Å². The molecule has 0 radical (unpaired) electrons. The molecule has 100 valence electrons. The van der Waals surface area contributed by atoms with Crippen molar-refractivity contribution < 1.29 is 9.53 Å². The van der Waals surface area contributed by atoms with Crippen molar-refractivity contribution in [1.82, 2.24) is 0 Å². The zero-order valence-corrected chi connectivity index (χ0v) is 11.1. The first-order chi connectivity index (χ1) is 9.72. The first-order valence-electron chi connectivity index (χ1n) is 6.14. The number of benzene rings is 2. The van der Waals surface area contributed by atoms with Crippen molar-refractivity contribution in [3.63, 3.8) is 0 Å². The summed E-state index contributed by atoms with van der Waals surface area (Å²) in [6, 6.07) is 16.6. The summed E-state index contributed by atoms with van der Waals surface area (Å²) in [5, 5.41) is 12.1. The van der Waals surface area contributed by atoms with Gasteiger partial charge in [0.05, 0.1) is 24.3 Å². The van der Waals surface area contributed by atoms with E-state index in [0.717, 1.165) is 11.3 Å². The average Bonchev–Trinajstić information content (AvgIpc) is 2.52. The van der Waals surface area contributed by atoms with Gasteiger partial charge in [-0.2, -0.15) is 5.26 Å². The van der Waals surface area contributed by atoms with Crippen molar-refractivity contribution in [2.45, 2.75) is 6.54 Å². The number of anilines is 1. The topological polar surface area (TPSA) is 62.1 Å². The van der Waals surface area contributed by atoms with Crippen LogP contribution in [0.3, 0.4) is 0 Å². The predicted octanol–water partition coefficient (Wildman–Crippen LogP) is 2.96. The van der Waals surface area contributed by atoms with Crippen molar-refractivity contribution >= 4 is 11.7 Å². The van der Waals surface area contributed by atoms with Crippen molar-refractivity contribution in [3.8, 4) is 6.07 Å². The molecule has 0 aliphatic rings. The molecule has 4 nitrogen and oxygen atoms in total. The van der Waals surface area contributed by atoms with E-state index in [-0.39, 0.29) is 5.97 Å². The molecule has 0 bridgehead atoms. The Labute approximate surface area is 117 Å². The zero-order chi connectivity index (χ0) is 14.4. The van der Waals surface area contributed by atoms with Gasteiger partial charge in [0.25, 0.3) is 0 Å². The first-order valence-corrected chi connectivity index (χ1v) is 6.14. The van der Waals surface area contributed by atoms with Gasteiger partial charge in [-0.3, -0.25) is 0 Å². The molecule has 20 heavy (non-hydrogen) atoms. The van der Waals surface area contributed by atoms with E-state index >= 15 is 0 Å². The molecule has 0 atom stereocenters. The second kappa shape index (κ2) is 6.39. The Balaban J connectivity index is 2.07. The molecule has 0 aliphatic carbocycles. The van der Waals surface area contributed by atoms with Crippen LogP contribution in [0.5, 0.6) is 0 Å². The second-order valence-electron chi connectivity index (χ2n) is 4.24. The van der Waals surface area contributed by atoms with Crippen molar-refractivity contribution in [2.24, 2.45) is 0 Å². The normalized spacial score (nSPS) is 9.60. The van der Waals surface area contributed by atoms with E-state index in [1.165, 1.54) is 7.11 Å². The highest BCUT2D eigenvalue weighted by molar-refractivity contribution is 5.89. The SMILES string of the molecule is COC(=O)c1cccc(CNc2cccc(C#N)c2)c1. The Hall–Kier alpha value is -2.80. The van der Waals surface area contributed by atoms with Crippen LogP contribution in [-0.2, 0) is 11.3 Å². The third-order valence-electron chi connectivity index (χ3n) is 2.84. The molecule has 2 aromatic carbocycles. The molecule has 0 unspecified atom stereocenters. The van der Waals surface area contributed by atoms with Gasteiger partial charge in [0.2, 0.25) is 0 Å². The van der Waals surface area contributed by atoms with Gasteiger partial charge in [0.1, 0.15) is 0 Å². The second-order valence-corrected chi connectivity index (χ2v) is 4.24. The summed E-state index contributed by atoms with van der Waals surface area (Å²) < 4.78 is 4.69. The highest BCUT2D eigenvalue weighted by Crippen LogP contribution is 2.13. The van der Waals surface area contributed by atoms with Crippen LogP contribution >= 0.6 is 0 Å². The van der Waals surface area contributed by atoms with Crippen LogP contribution in [0.15, 0.2) is 48.5 Å². The maximum Gasteiger partial charge on any atom is 0.337 e. The van der Waals surface area contributed by atoms with Gasteiger partial charge in [0.15, 0.2) is 0 Å². The molecule has 0 fully saturated rings. The number of hydrogen-bond donors (Lipinski definition) is 1. The monoisotopic (exact) mass is 266 g/mol. The minimum Gasteiger partial charge on any atom is -0.465 e. The van der Waals surface area contributed by atoms with Gasteiger partial charge >= 0.3 is 5.97 Å². The number of esters is 1. The fraction of sp³-hybridized carbons (Fsp3) is 0.125. The van der Waals surface area contributed by atoms with Crippen LogP contribution in [0.25, 0.3) is 0 Å². The molecule has 0 saturated heterocycles. The Morgan fingerprint density at radius 2 is 2.05 bits per heavy atom. The lowest BCUT2D eigenvalue weighted by atomic mass is 10.1. The van der Waals surface area contributed by atoms with Crippen molar-refractivity contribution in [1.29, 1.82) is 5.26 Å². The van der Waals surface area contributed by atoms with E-state index in [1.54, 1.807) is 24.3 Å². The van der Waals surface area contributed by atoms with Gasteiger partial charge in [-0.05, 0) is 35.9 Å². The fourth-order valence-electron chi connectivity index (χ4n) is 1.83. The maximum atomic E-state index is 11.4. The molecule has 0 spiro atoms. The van der Waals surface area contributed by atoms with Crippen LogP contribution in [-0.4, -0.2) is 13.1 Å². The summed E-state index contributed by atoms with van der Waals surface area (Å²) in [4.78, 5) is 11.4. The standard InChI is InChI=1S/C16H14N2O2/c1-20-16(19)14-6-2-5-13(8-14)11-18-15-7-3-4-12(9-15)10-17/h2-9,18H,11H2,1H3. The molecule has 0 aromatic heterocycles. The molecule has 1 N–H and O–H groups in total. The third kappa shape index (κ3) is 3.36. The third-order valence-corrected chi connectivity index (χ3v) is 2.84. The van der Waals surface area contributed by atoms with Gasteiger partial charge in [0, 0.05) is 12.2 Å². The number of nitrogens with one attached hydrogen (secondary N) is 1. The molecule has 0 saturated carbocycles. The first kappa shape index (κ1) is 13.6. The lowest BCUT2D eigenvalue weighted by Gasteiger charge is -2.08. The Kier molecular flexibility index (Phi) is 4.35. The summed E-state index contributed by atoms with van der Waals surface area (Å²) >= 11 is 0. The number of nitrogens with zero attached hydrogens (tertiary/aromatic N) is 1. The predicted molar refractivity (Wildman–Crippen MR) is 76.3 cm³/mol. The lowest BCUT2D eigenvalue weighted by molar-refractivity contribution is 0.0600. The van der Waals surface area contributed by atoms with Crippen molar-refractivity contribution in [3.05, 3.63) is 65.2 Å². The summed E-state index contributed by atoms with van der Waals surface area (Å²) in [6.45, 7) is 0.569. The molecular formula is C16H14N2O2. The number of nitriles is 1. The molecular weight excluding hydrogens is 252 g/mol. The number of carbonyl (C=O) groups excluding carboxylic acids is 1. The largest absolute Gasteiger partial charge is 0.465 e. The van der Waals surface area contributed by atoms with E-state index < -0.39 is 0 Å². The van der Waals surface area contributed by atoms with Crippen LogP contribution in [0.2, 0.25) is 0 Å². The smallest absolute Gasteiger partial charge is 0.337 e. The van der Waals surface area contributed by atoms with Crippen molar-refractivity contribution in [2.75, 3.05) is 12.4 Å². The molecule has 2 aromatic rings. The lowest BCUT2D eigenvalue weighted by Crippen LogP contribution is -2.04. The van der Waals surface area contributed by atoms with Crippen LogP contribution in [0, 0.1) is 11.3 Å². The summed E-state index contributed by atoms with van der Waals surface area (Å²) in [6.07, 6.45) is 0. The van der Waals surface area contributed by atoms with Gasteiger partial charge in [-0.15, -0.1) is 0 Å². The minimum atomic E-state index is -0.349. The Morgan fingerprint density at radius 1 is 1.25 bits per heavy atom. The van der Waals surface area contributed by atoms with E-state index in [2.05, 4.69) is 16.1 Å². The number of ether oxygens (including phenoxy) is 1.